The Labute approximate surface area is 161 Å². The number of benzene rings is 3. The Balaban J connectivity index is 1.65. The summed E-state index contributed by atoms with van der Waals surface area (Å²) in [6.45, 7) is -0.183. The maximum atomic E-state index is 12.8. The predicted molar refractivity (Wildman–Crippen MR) is 107 cm³/mol. The smallest absolute Gasteiger partial charge is 0.327 e. The van der Waals surface area contributed by atoms with E-state index in [4.69, 9.17) is 4.74 Å². The minimum Gasteiger partial charge on any atom is -0.451 e. The first-order valence-corrected chi connectivity index (χ1v) is 8.96. The minimum absolute atomic E-state index is 0.183. The van der Waals surface area contributed by atoms with E-state index in [1.807, 2.05) is 72.8 Å². The van der Waals surface area contributed by atoms with E-state index in [0.29, 0.717) is 11.0 Å². The molecule has 0 saturated heterocycles. The maximum absolute atomic E-state index is 12.8. The predicted octanol–water partition coefficient (Wildman–Crippen LogP) is 3.73. The normalized spacial score (nSPS) is 10.9. The number of carbonyl (C=O) groups is 1. The SMILES string of the molecule is O=C(Cn1c(=O)cnc2ccccc21)OC(c1ccccc1)c1ccccc1. The average Bonchev–Trinajstić information content (AvgIpc) is 2.75. The first kappa shape index (κ1) is 17.7. The number of nitrogens with zero attached hydrogens (tertiary/aromatic N) is 2. The molecule has 1 aromatic heterocycles. The van der Waals surface area contributed by atoms with E-state index in [9.17, 15) is 9.59 Å². The number of esters is 1. The van der Waals surface area contributed by atoms with Crippen molar-refractivity contribution >= 4 is 17.0 Å². The van der Waals surface area contributed by atoms with Crippen molar-refractivity contribution in [2.75, 3.05) is 0 Å². The lowest BCUT2D eigenvalue weighted by molar-refractivity contribution is -0.148. The number of para-hydroxylation sites is 2. The van der Waals surface area contributed by atoms with Crippen molar-refractivity contribution in [3.05, 3.63) is 113 Å². The molecule has 0 radical (unpaired) electrons. The van der Waals surface area contributed by atoms with E-state index < -0.39 is 12.1 Å². The second kappa shape index (κ2) is 7.88. The molecular formula is C23H18N2O3. The van der Waals surface area contributed by atoms with Crippen molar-refractivity contribution < 1.29 is 9.53 Å². The van der Waals surface area contributed by atoms with Gasteiger partial charge in [0.1, 0.15) is 6.54 Å². The van der Waals surface area contributed by atoms with Gasteiger partial charge >= 0.3 is 5.97 Å². The molecule has 1 heterocycles. The van der Waals surface area contributed by atoms with Crippen LogP contribution in [0.4, 0.5) is 0 Å². The number of fused-ring (bicyclic) bond motifs is 1. The van der Waals surface area contributed by atoms with E-state index in [2.05, 4.69) is 4.98 Å². The van der Waals surface area contributed by atoms with Gasteiger partial charge in [0.25, 0.3) is 5.56 Å². The van der Waals surface area contributed by atoms with Crippen molar-refractivity contribution in [2.24, 2.45) is 0 Å². The molecule has 138 valence electrons. The molecule has 0 bridgehead atoms. The van der Waals surface area contributed by atoms with Crippen molar-refractivity contribution in [1.82, 2.24) is 9.55 Å². The zero-order chi connectivity index (χ0) is 19.3. The Kier molecular flexibility index (Phi) is 4.97. The lowest BCUT2D eigenvalue weighted by Crippen LogP contribution is -2.26. The van der Waals surface area contributed by atoms with Gasteiger partial charge in [-0.25, -0.2) is 4.98 Å². The fourth-order valence-electron chi connectivity index (χ4n) is 3.16. The summed E-state index contributed by atoms with van der Waals surface area (Å²) in [5.74, 6) is -0.490. The molecule has 5 nitrogen and oxygen atoms in total. The van der Waals surface area contributed by atoms with E-state index >= 15 is 0 Å². The summed E-state index contributed by atoms with van der Waals surface area (Å²) in [7, 11) is 0. The number of rotatable bonds is 5. The molecule has 0 atom stereocenters. The summed E-state index contributed by atoms with van der Waals surface area (Å²) < 4.78 is 7.20. The largest absolute Gasteiger partial charge is 0.451 e. The molecule has 0 saturated carbocycles. The van der Waals surface area contributed by atoms with Crippen molar-refractivity contribution in [2.45, 2.75) is 12.6 Å². The molecule has 3 aromatic carbocycles. The highest BCUT2D eigenvalue weighted by Crippen LogP contribution is 2.26. The van der Waals surface area contributed by atoms with Crippen LogP contribution in [-0.2, 0) is 16.1 Å². The van der Waals surface area contributed by atoms with E-state index in [1.54, 1.807) is 12.1 Å². The second-order valence-corrected chi connectivity index (χ2v) is 6.36. The summed E-state index contributed by atoms with van der Waals surface area (Å²) in [4.78, 5) is 29.2. The number of hydrogen-bond donors (Lipinski definition) is 0. The van der Waals surface area contributed by atoms with Crippen LogP contribution in [0.3, 0.4) is 0 Å². The average molecular weight is 370 g/mol. The highest BCUT2D eigenvalue weighted by atomic mass is 16.5. The molecule has 0 spiro atoms. The Morgan fingerprint density at radius 3 is 2.07 bits per heavy atom. The van der Waals surface area contributed by atoms with Crippen LogP contribution < -0.4 is 5.56 Å². The van der Waals surface area contributed by atoms with Crippen LogP contribution in [0, 0.1) is 0 Å². The van der Waals surface area contributed by atoms with Crippen LogP contribution in [-0.4, -0.2) is 15.5 Å². The van der Waals surface area contributed by atoms with Crippen LogP contribution in [0.15, 0.2) is 95.9 Å². The summed E-state index contributed by atoms with van der Waals surface area (Å²) in [5.41, 5.74) is 2.65. The lowest BCUT2D eigenvalue weighted by atomic mass is 10.0. The minimum atomic E-state index is -0.543. The maximum Gasteiger partial charge on any atom is 0.327 e. The van der Waals surface area contributed by atoms with Crippen LogP contribution in [0.2, 0.25) is 0 Å². The number of carbonyl (C=O) groups excluding carboxylic acids is 1. The summed E-state index contributed by atoms with van der Waals surface area (Å²) in [5, 5.41) is 0. The Bertz CT molecular complexity index is 1120. The van der Waals surface area contributed by atoms with E-state index in [0.717, 1.165) is 11.1 Å². The van der Waals surface area contributed by atoms with Crippen molar-refractivity contribution in [3.63, 3.8) is 0 Å². The molecule has 0 aliphatic rings. The number of ether oxygens (including phenoxy) is 1. The van der Waals surface area contributed by atoms with Gasteiger partial charge in [0.05, 0.1) is 17.2 Å². The highest BCUT2D eigenvalue weighted by Gasteiger charge is 2.20. The molecule has 0 amide bonds. The molecule has 5 heteroatoms. The van der Waals surface area contributed by atoms with Gasteiger partial charge in [-0.1, -0.05) is 72.8 Å². The third-order valence-electron chi connectivity index (χ3n) is 4.49. The topological polar surface area (TPSA) is 61.2 Å². The lowest BCUT2D eigenvalue weighted by Gasteiger charge is -2.19. The fourth-order valence-corrected chi connectivity index (χ4v) is 3.16. The molecule has 0 unspecified atom stereocenters. The van der Waals surface area contributed by atoms with Gasteiger partial charge in [0, 0.05) is 0 Å². The van der Waals surface area contributed by atoms with Gasteiger partial charge in [0.2, 0.25) is 0 Å². The Hall–Kier alpha value is -3.73. The number of aromatic nitrogens is 2. The van der Waals surface area contributed by atoms with Crippen molar-refractivity contribution in [1.29, 1.82) is 0 Å². The highest BCUT2D eigenvalue weighted by molar-refractivity contribution is 5.77. The van der Waals surface area contributed by atoms with Crippen LogP contribution in [0.25, 0.3) is 11.0 Å². The molecule has 0 aliphatic carbocycles. The summed E-state index contributed by atoms with van der Waals surface area (Å²) in [6, 6.07) is 26.3. The monoisotopic (exact) mass is 370 g/mol. The first-order chi connectivity index (χ1) is 13.7. The Morgan fingerprint density at radius 2 is 1.43 bits per heavy atom. The van der Waals surface area contributed by atoms with Gasteiger partial charge in [-0.2, -0.15) is 0 Å². The molecular weight excluding hydrogens is 352 g/mol. The molecule has 4 aromatic rings. The summed E-state index contributed by atoms with van der Waals surface area (Å²) >= 11 is 0. The van der Waals surface area contributed by atoms with Crippen LogP contribution >= 0.6 is 0 Å². The molecule has 4 rings (SSSR count). The quantitative estimate of drug-likeness (QED) is 0.502. The molecule has 0 fully saturated rings. The van der Waals surface area contributed by atoms with Gasteiger partial charge in [-0.15, -0.1) is 0 Å². The van der Waals surface area contributed by atoms with E-state index in [1.165, 1.54) is 10.8 Å². The zero-order valence-electron chi connectivity index (χ0n) is 15.1. The van der Waals surface area contributed by atoms with Crippen molar-refractivity contribution in [3.8, 4) is 0 Å². The summed E-state index contributed by atoms with van der Waals surface area (Å²) in [6.07, 6.45) is 0.681. The van der Waals surface area contributed by atoms with Gasteiger partial charge in [-0.05, 0) is 23.3 Å². The third-order valence-corrected chi connectivity index (χ3v) is 4.49. The van der Waals surface area contributed by atoms with Crippen LogP contribution in [0.5, 0.6) is 0 Å². The van der Waals surface area contributed by atoms with Crippen LogP contribution in [0.1, 0.15) is 17.2 Å². The fraction of sp³-hybridized carbons (Fsp3) is 0.0870. The van der Waals surface area contributed by atoms with Gasteiger partial charge < -0.3 is 4.74 Å². The Morgan fingerprint density at radius 1 is 0.857 bits per heavy atom. The van der Waals surface area contributed by atoms with Gasteiger partial charge in [-0.3, -0.25) is 14.2 Å². The molecule has 0 N–H and O–H groups in total. The first-order valence-electron chi connectivity index (χ1n) is 8.96. The molecule has 0 aliphatic heterocycles. The number of hydrogen-bond acceptors (Lipinski definition) is 4. The van der Waals surface area contributed by atoms with Gasteiger partial charge in [0.15, 0.2) is 6.10 Å². The molecule has 28 heavy (non-hydrogen) atoms. The third kappa shape index (κ3) is 3.69. The van der Waals surface area contributed by atoms with E-state index in [-0.39, 0.29) is 12.1 Å². The zero-order valence-corrected chi connectivity index (χ0v) is 15.1. The standard InChI is InChI=1S/C23H18N2O3/c26-21-15-24-19-13-7-8-14-20(19)25(21)16-22(27)28-23(17-9-3-1-4-10-17)18-11-5-2-6-12-18/h1-15,23H,16H2. The second-order valence-electron chi connectivity index (χ2n) is 6.36.